The first kappa shape index (κ1) is 15.5. The summed E-state index contributed by atoms with van der Waals surface area (Å²) in [6.07, 6.45) is 3.39. The Morgan fingerprint density at radius 1 is 1.16 bits per heavy atom. The molecule has 4 rings (SSSR count). The van der Waals surface area contributed by atoms with Crippen LogP contribution in [0.4, 0.5) is 5.69 Å². The molecular formula is C19H14ClN3O2. The molecule has 0 spiro atoms. The Balaban J connectivity index is 1.48. The number of carbonyl (C=O) groups is 1. The summed E-state index contributed by atoms with van der Waals surface area (Å²) < 4.78 is 7.33. The Morgan fingerprint density at radius 2 is 2.00 bits per heavy atom. The molecule has 2 heterocycles. The third-order valence-electron chi connectivity index (χ3n) is 3.78. The lowest BCUT2D eigenvalue weighted by Gasteiger charge is -2.01. The molecule has 0 saturated carbocycles. The van der Waals surface area contributed by atoms with Gasteiger partial charge in [-0.2, -0.15) is 5.10 Å². The molecule has 0 aliphatic carbocycles. The molecule has 124 valence electrons. The summed E-state index contributed by atoms with van der Waals surface area (Å²) in [5.74, 6) is -0.0975. The minimum absolute atomic E-state index is 0.230. The van der Waals surface area contributed by atoms with E-state index in [4.69, 9.17) is 16.0 Å². The lowest BCUT2D eigenvalue weighted by molar-refractivity contribution is 0.0998. The quantitative estimate of drug-likeness (QED) is 0.585. The maximum atomic E-state index is 12.4. The Bertz CT molecular complexity index is 1040. The Morgan fingerprint density at radius 3 is 2.84 bits per heavy atom. The van der Waals surface area contributed by atoms with Crippen molar-refractivity contribution < 1.29 is 9.21 Å². The Hall–Kier alpha value is -3.05. The average molecular weight is 352 g/mol. The van der Waals surface area contributed by atoms with Gasteiger partial charge in [0.2, 0.25) is 0 Å². The van der Waals surface area contributed by atoms with Crippen molar-refractivity contribution in [2.24, 2.45) is 0 Å². The van der Waals surface area contributed by atoms with Crippen LogP contribution in [-0.4, -0.2) is 15.7 Å². The second-order valence-corrected chi connectivity index (χ2v) is 6.10. The predicted octanol–water partition coefficient (Wildman–Crippen LogP) is 4.58. The Kier molecular flexibility index (Phi) is 3.99. The third kappa shape index (κ3) is 3.41. The van der Waals surface area contributed by atoms with Crippen LogP contribution in [-0.2, 0) is 6.54 Å². The van der Waals surface area contributed by atoms with Crippen molar-refractivity contribution in [3.8, 4) is 0 Å². The number of fused-ring (bicyclic) bond motifs is 1. The van der Waals surface area contributed by atoms with Gasteiger partial charge in [-0.25, -0.2) is 0 Å². The highest BCUT2D eigenvalue weighted by molar-refractivity contribution is 6.31. The molecule has 2 aromatic carbocycles. The van der Waals surface area contributed by atoms with E-state index in [1.54, 1.807) is 41.3 Å². The molecule has 0 radical (unpaired) electrons. The van der Waals surface area contributed by atoms with Crippen molar-refractivity contribution in [3.63, 3.8) is 0 Å². The lowest BCUT2D eigenvalue weighted by atomic mass is 10.2. The maximum absolute atomic E-state index is 12.4. The van der Waals surface area contributed by atoms with Crippen LogP contribution in [0.2, 0.25) is 5.02 Å². The van der Waals surface area contributed by atoms with Crippen molar-refractivity contribution in [1.29, 1.82) is 0 Å². The number of furan rings is 1. The number of amides is 1. The second-order valence-electron chi connectivity index (χ2n) is 5.66. The number of anilines is 1. The number of rotatable bonds is 4. The van der Waals surface area contributed by atoms with Gasteiger partial charge < -0.3 is 9.73 Å². The van der Waals surface area contributed by atoms with E-state index >= 15 is 0 Å². The Labute approximate surface area is 148 Å². The summed E-state index contributed by atoms with van der Waals surface area (Å²) in [5.41, 5.74) is 2.37. The number of aromatic nitrogens is 2. The van der Waals surface area contributed by atoms with Crippen LogP contribution in [0.3, 0.4) is 0 Å². The van der Waals surface area contributed by atoms with Crippen LogP contribution in [0.15, 0.2) is 71.4 Å². The first-order chi connectivity index (χ1) is 12.2. The van der Waals surface area contributed by atoms with E-state index in [0.717, 1.165) is 10.9 Å². The van der Waals surface area contributed by atoms with Gasteiger partial charge in [0.15, 0.2) is 5.76 Å². The molecule has 0 aliphatic rings. The van der Waals surface area contributed by atoms with E-state index in [-0.39, 0.29) is 11.7 Å². The van der Waals surface area contributed by atoms with Crippen molar-refractivity contribution in [2.45, 2.75) is 6.54 Å². The molecule has 6 heteroatoms. The summed E-state index contributed by atoms with van der Waals surface area (Å²) in [6, 6.07) is 16.9. The molecule has 0 unspecified atom stereocenters. The van der Waals surface area contributed by atoms with E-state index in [9.17, 15) is 4.79 Å². The topological polar surface area (TPSA) is 60.1 Å². The highest BCUT2D eigenvalue weighted by Crippen LogP contribution is 2.23. The zero-order chi connectivity index (χ0) is 17.2. The summed E-state index contributed by atoms with van der Waals surface area (Å²) >= 11 is 5.95. The zero-order valence-corrected chi connectivity index (χ0v) is 13.9. The van der Waals surface area contributed by atoms with Crippen LogP contribution in [0.1, 0.15) is 16.1 Å². The molecular weight excluding hydrogens is 338 g/mol. The van der Waals surface area contributed by atoms with Crippen molar-refractivity contribution >= 4 is 34.2 Å². The molecule has 2 aromatic heterocycles. The van der Waals surface area contributed by atoms with E-state index in [0.29, 0.717) is 22.8 Å². The summed E-state index contributed by atoms with van der Waals surface area (Å²) in [4.78, 5) is 12.4. The number of carbonyl (C=O) groups excluding carboxylic acids is 1. The number of benzene rings is 2. The molecule has 0 atom stereocenters. The normalized spacial score (nSPS) is 10.9. The van der Waals surface area contributed by atoms with Gasteiger partial charge in [0.1, 0.15) is 5.58 Å². The van der Waals surface area contributed by atoms with Crippen LogP contribution in [0.25, 0.3) is 11.0 Å². The zero-order valence-electron chi connectivity index (χ0n) is 13.1. The molecule has 0 aliphatic heterocycles. The number of hydrogen-bond donors (Lipinski definition) is 1. The predicted molar refractivity (Wildman–Crippen MR) is 96.9 cm³/mol. The van der Waals surface area contributed by atoms with Gasteiger partial charge in [-0.05, 0) is 29.8 Å². The fourth-order valence-electron chi connectivity index (χ4n) is 2.60. The summed E-state index contributed by atoms with van der Waals surface area (Å²) in [5, 5.41) is 8.45. The first-order valence-corrected chi connectivity index (χ1v) is 8.12. The number of hydrogen-bond acceptors (Lipinski definition) is 3. The molecule has 0 bridgehead atoms. The molecule has 1 N–H and O–H groups in total. The van der Waals surface area contributed by atoms with Crippen LogP contribution in [0.5, 0.6) is 0 Å². The molecule has 5 nitrogen and oxygen atoms in total. The number of halogens is 1. The van der Waals surface area contributed by atoms with Crippen LogP contribution in [0, 0.1) is 0 Å². The van der Waals surface area contributed by atoms with Gasteiger partial charge in [0, 0.05) is 16.6 Å². The van der Waals surface area contributed by atoms with Crippen LogP contribution < -0.4 is 5.32 Å². The van der Waals surface area contributed by atoms with E-state index in [1.807, 2.05) is 30.3 Å². The van der Waals surface area contributed by atoms with Gasteiger partial charge >= 0.3 is 0 Å². The van der Waals surface area contributed by atoms with Crippen LogP contribution >= 0.6 is 11.6 Å². The monoisotopic (exact) mass is 351 g/mol. The van der Waals surface area contributed by atoms with Crippen molar-refractivity contribution in [2.75, 3.05) is 5.32 Å². The molecule has 0 saturated heterocycles. The van der Waals surface area contributed by atoms with Gasteiger partial charge in [-0.3, -0.25) is 9.48 Å². The third-order valence-corrected chi connectivity index (χ3v) is 4.02. The number of nitrogens with one attached hydrogen (secondary N) is 1. The largest absolute Gasteiger partial charge is 0.451 e. The minimum atomic E-state index is -0.327. The minimum Gasteiger partial charge on any atom is -0.451 e. The molecule has 25 heavy (non-hydrogen) atoms. The second kappa shape index (κ2) is 6.45. The smallest absolute Gasteiger partial charge is 0.291 e. The average Bonchev–Trinajstić information content (AvgIpc) is 3.22. The van der Waals surface area contributed by atoms with E-state index in [2.05, 4.69) is 10.4 Å². The van der Waals surface area contributed by atoms with Gasteiger partial charge in [-0.15, -0.1) is 0 Å². The molecule has 0 fully saturated rings. The highest BCUT2D eigenvalue weighted by atomic mass is 35.5. The fourth-order valence-corrected chi connectivity index (χ4v) is 2.78. The van der Waals surface area contributed by atoms with Crippen molar-refractivity contribution in [1.82, 2.24) is 9.78 Å². The molecule has 1 amide bonds. The van der Waals surface area contributed by atoms with E-state index in [1.165, 1.54) is 0 Å². The SMILES string of the molecule is O=C(Nc1cnn(Cc2ccccc2)c1)c1cc2cc(Cl)ccc2o1. The number of nitrogens with zero attached hydrogens (tertiary/aromatic N) is 2. The summed E-state index contributed by atoms with van der Waals surface area (Å²) in [6.45, 7) is 0.639. The summed E-state index contributed by atoms with van der Waals surface area (Å²) in [7, 11) is 0. The standard InChI is InChI=1S/C19H14ClN3O2/c20-15-6-7-17-14(8-15)9-18(25-17)19(24)22-16-10-21-23(12-16)11-13-4-2-1-3-5-13/h1-10,12H,11H2,(H,22,24). The van der Waals surface area contributed by atoms with Gasteiger partial charge in [0.25, 0.3) is 5.91 Å². The highest BCUT2D eigenvalue weighted by Gasteiger charge is 2.13. The van der Waals surface area contributed by atoms with Gasteiger partial charge in [-0.1, -0.05) is 41.9 Å². The first-order valence-electron chi connectivity index (χ1n) is 7.74. The van der Waals surface area contributed by atoms with E-state index < -0.39 is 0 Å². The van der Waals surface area contributed by atoms with Crippen molar-refractivity contribution in [3.05, 3.63) is 83.3 Å². The molecule has 4 aromatic rings. The maximum Gasteiger partial charge on any atom is 0.291 e. The lowest BCUT2D eigenvalue weighted by Crippen LogP contribution is -2.10. The fraction of sp³-hybridized carbons (Fsp3) is 0.0526. The van der Waals surface area contributed by atoms with Gasteiger partial charge in [0.05, 0.1) is 18.4 Å².